The molecule has 30 heavy (non-hydrogen) atoms. The summed E-state index contributed by atoms with van der Waals surface area (Å²) < 4.78 is 3.47. The van der Waals surface area contributed by atoms with Gasteiger partial charge in [0.05, 0.1) is 16.7 Å². The number of para-hydroxylation sites is 1. The monoisotopic (exact) mass is 429 g/mol. The van der Waals surface area contributed by atoms with Crippen molar-refractivity contribution in [2.75, 3.05) is 11.5 Å². The summed E-state index contributed by atoms with van der Waals surface area (Å²) in [7, 11) is 2.69. The molecule has 0 aliphatic rings. The molecule has 0 radical (unpaired) electrons. The fourth-order valence-electron chi connectivity index (χ4n) is 3.12. The summed E-state index contributed by atoms with van der Waals surface area (Å²) in [4.78, 5) is 54.8. The van der Waals surface area contributed by atoms with Crippen LogP contribution in [0.25, 0.3) is 10.9 Å². The van der Waals surface area contributed by atoms with Crippen LogP contribution in [0.5, 0.6) is 0 Å². The van der Waals surface area contributed by atoms with Crippen LogP contribution in [0.1, 0.15) is 36.7 Å². The number of hydrogen-bond donors (Lipinski definition) is 1. The van der Waals surface area contributed by atoms with Crippen LogP contribution in [-0.4, -0.2) is 30.2 Å². The van der Waals surface area contributed by atoms with E-state index in [2.05, 4.69) is 4.98 Å². The summed E-state index contributed by atoms with van der Waals surface area (Å²) >= 11 is 1.07. The lowest BCUT2D eigenvalue weighted by atomic mass is 10.2. The second-order valence-corrected chi connectivity index (χ2v) is 7.96. The van der Waals surface area contributed by atoms with Crippen molar-refractivity contribution in [3.05, 3.63) is 61.0 Å². The van der Waals surface area contributed by atoms with E-state index in [0.29, 0.717) is 22.5 Å². The van der Waals surface area contributed by atoms with Gasteiger partial charge in [0.15, 0.2) is 10.9 Å². The zero-order valence-electron chi connectivity index (χ0n) is 17.2. The van der Waals surface area contributed by atoms with Crippen LogP contribution >= 0.6 is 11.8 Å². The number of nitrogens with zero attached hydrogens (tertiary/aromatic N) is 4. The molecule has 0 saturated carbocycles. The van der Waals surface area contributed by atoms with Gasteiger partial charge in [0.1, 0.15) is 11.4 Å². The molecule has 0 saturated heterocycles. The summed E-state index contributed by atoms with van der Waals surface area (Å²) in [5, 5.41) is 0.895. The van der Waals surface area contributed by atoms with Crippen molar-refractivity contribution in [2.24, 2.45) is 14.1 Å². The van der Waals surface area contributed by atoms with Gasteiger partial charge in [-0.2, -0.15) is 0 Å². The molecule has 0 aliphatic carbocycles. The molecular formula is C20H23N5O4S. The lowest BCUT2D eigenvalue weighted by molar-refractivity contribution is 0.102. The highest BCUT2D eigenvalue weighted by Crippen LogP contribution is 2.23. The largest absolute Gasteiger partial charge is 0.384 e. The van der Waals surface area contributed by atoms with Crippen LogP contribution in [0.3, 0.4) is 0 Å². The van der Waals surface area contributed by atoms with Crippen LogP contribution < -0.4 is 22.5 Å². The number of hydrogen-bond acceptors (Lipinski definition) is 7. The predicted octanol–water partition coefficient (Wildman–Crippen LogP) is 1.32. The van der Waals surface area contributed by atoms with Crippen molar-refractivity contribution < 1.29 is 4.79 Å². The minimum atomic E-state index is -0.744. The molecule has 3 rings (SSSR count). The van der Waals surface area contributed by atoms with Crippen LogP contribution in [0.2, 0.25) is 0 Å². The first-order valence-corrected chi connectivity index (χ1v) is 10.4. The molecule has 2 aromatic heterocycles. The van der Waals surface area contributed by atoms with Crippen molar-refractivity contribution in [3.8, 4) is 0 Å². The Hall–Kier alpha value is -3.14. The Morgan fingerprint density at radius 2 is 1.80 bits per heavy atom. The van der Waals surface area contributed by atoms with Crippen molar-refractivity contribution in [3.63, 3.8) is 0 Å². The molecule has 2 heterocycles. The first-order chi connectivity index (χ1) is 14.2. The van der Waals surface area contributed by atoms with E-state index in [4.69, 9.17) is 5.73 Å². The van der Waals surface area contributed by atoms with Gasteiger partial charge in [-0.15, -0.1) is 0 Å². The van der Waals surface area contributed by atoms with Crippen LogP contribution in [0.15, 0.2) is 43.8 Å². The van der Waals surface area contributed by atoms with E-state index in [0.717, 1.165) is 20.9 Å². The van der Waals surface area contributed by atoms with E-state index in [1.54, 1.807) is 28.8 Å². The highest BCUT2D eigenvalue weighted by atomic mass is 32.2. The Kier molecular flexibility index (Phi) is 5.97. The first-order valence-electron chi connectivity index (χ1n) is 9.41. The van der Waals surface area contributed by atoms with Gasteiger partial charge in [0.25, 0.3) is 11.1 Å². The van der Waals surface area contributed by atoms with Crippen LogP contribution in [0.4, 0.5) is 5.82 Å². The van der Waals surface area contributed by atoms with Gasteiger partial charge in [-0.3, -0.25) is 28.1 Å². The number of fused-ring (bicyclic) bond motifs is 1. The molecule has 9 nitrogen and oxygen atoms in total. The third kappa shape index (κ3) is 3.58. The summed E-state index contributed by atoms with van der Waals surface area (Å²) in [5.74, 6) is -0.870. The van der Waals surface area contributed by atoms with E-state index >= 15 is 0 Å². The van der Waals surface area contributed by atoms with Crippen molar-refractivity contribution in [1.82, 2.24) is 18.7 Å². The maximum Gasteiger partial charge on any atom is 0.332 e. The van der Waals surface area contributed by atoms with E-state index in [1.165, 1.54) is 14.1 Å². The average Bonchev–Trinajstić information content (AvgIpc) is 2.74. The van der Waals surface area contributed by atoms with Gasteiger partial charge >= 0.3 is 5.69 Å². The zero-order valence-corrected chi connectivity index (χ0v) is 18.0. The van der Waals surface area contributed by atoms with E-state index in [-0.39, 0.29) is 28.7 Å². The van der Waals surface area contributed by atoms with E-state index in [1.807, 2.05) is 13.8 Å². The van der Waals surface area contributed by atoms with Crippen LogP contribution in [0, 0.1) is 0 Å². The Balaban J connectivity index is 2.04. The summed E-state index contributed by atoms with van der Waals surface area (Å²) in [5.41, 5.74) is 4.63. The summed E-state index contributed by atoms with van der Waals surface area (Å²) in [6, 6.07) is 6.91. The number of nitrogens with two attached hydrogens (primary N) is 1. The molecule has 0 unspecified atom stereocenters. The standard InChI is InChI=1S/C20H23N5O4S/c1-5-11(2)25-17(27)12-8-6-7-9-13(12)22-19(25)30-10-14(26)15-16(21)23(3)20(29)24(4)18(15)28/h6-9,11H,5,10,21H2,1-4H3/t11-/m1/s1. The third-order valence-corrected chi connectivity index (χ3v) is 6.08. The molecule has 0 amide bonds. The molecule has 0 bridgehead atoms. The summed E-state index contributed by atoms with van der Waals surface area (Å²) in [6.07, 6.45) is 0.704. The van der Waals surface area contributed by atoms with E-state index in [9.17, 15) is 19.2 Å². The lowest BCUT2D eigenvalue weighted by Crippen LogP contribution is -2.41. The number of carbonyl (C=O) groups is 1. The molecule has 0 spiro atoms. The fraction of sp³-hybridized carbons (Fsp3) is 0.350. The van der Waals surface area contributed by atoms with Crippen molar-refractivity contribution in [1.29, 1.82) is 0 Å². The van der Waals surface area contributed by atoms with Crippen molar-refractivity contribution in [2.45, 2.75) is 31.5 Å². The number of rotatable bonds is 6. The van der Waals surface area contributed by atoms with Gasteiger partial charge in [-0.05, 0) is 25.5 Å². The highest BCUT2D eigenvalue weighted by molar-refractivity contribution is 7.99. The second-order valence-electron chi connectivity index (χ2n) is 7.02. The number of nitrogen functional groups attached to an aromatic ring is 1. The topological polar surface area (TPSA) is 122 Å². The molecule has 158 valence electrons. The molecule has 1 aromatic carbocycles. The fourth-order valence-corrected chi connectivity index (χ4v) is 4.09. The second kappa shape index (κ2) is 8.31. The van der Waals surface area contributed by atoms with Gasteiger partial charge < -0.3 is 5.73 Å². The first kappa shape index (κ1) is 21.6. The number of Topliss-reactive ketones (excluding diaryl/α,β-unsaturated/α-hetero) is 1. The number of carbonyl (C=O) groups excluding carboxylic acids is 1. The number of ketones is 1. The Morgan fingerprint density at radius 3 is 2.47 bits per heavy atom. The Labute approximate surface area is 176 Å². The number of benzene rings is 1. The molecular weight excluding hydrogens is 406 g/mol. The highest BCUT2D eigenvalue weighted by Gasteiger charge is 2.22. The number of aromatic nitrogens is 4. The Bertz CT molecular complexity index is 1320. The molecule has 2 N–H and O–H groups in total. The average molecular weight is 430 g/mol. The molecule has 0 aliphatic heterocycles. The SMILES string of the molecule is CC[C@@H](C)n1c(SCC(=O)c2c(N)n(C)c(=O)n(C)c2=O)nc2ccccc2c1=O. The summed E-state index contributed by atoms with van der Waals surface area (Å²) in [6.45, 7) is 3.87. The predicted molar refractivity (Wildman–Crippen MR) is 117 cm³/mol. The number of anilines is 1. The van der Waals surface area contributed by atoms with Gasteiger partial charge in [0, 0.05) is 20.1 Å². The van der Waals surface area contributed by atoms with Gasteiger partial charge in [-0.1, -0.05) is 30.8 Å². The molecule has 0 fully saturated rings. The number of thioether (sulfide) groups is 1. The maximum absolute atomic E-state index is 13.0. The smallest absolute Gasteiger partial charge is 0.332 e. The third-order valence-electron chi connectivity index (χ3n) is 5.13. The quantitative estimate of drug-likeness (QED) is 0.356. The molecule has 3 aromatic rings. The van der Waals surface area contributed by atoms with Crippen molar-refractivity contribution >= 4 is 34.3 Å². The van der Waals surface area contributed by atoms with E-state index < -0.39 is 17.0 Å². The Morgan fingerprint density at radius 1 is 1.13 bits per heavy atom. The molecule has 1 atom stereocenters. The maximum atomic E-state index is 13.0. The minimum Gasteiger partial charge on any atom is -0.384 e. The zero-order chi connectivity index (χ0) is 22.2. The van der Waals surface area contributed by atoms with Crippen LogP contribution in [-0.2, 0) is 14.1 Å². The van der Waals surface area contributed by atoms with Gasteiger partial charge in [0.2, 0.25) is 0 Å². The lowest BCUT2D eigenvalue weighted by Gasteiger charge is -2.18. The molecule has 10 heteroatoms. The van der Waals surface area contributed by atoms with Gasteiger partial charge in [-0.25, -0.2) is 9.78 Å². The minimum absolute atomic E-state index is 0.123. The normalized spacial score (nSPS) is 12.3.